The van der Waals surface area contributed by atoms with Crippen LogP contribution in [0.15, 0.2) is 18.2 Å². The lowest BCUT2D eigenvalue weighted by Gasteiger charge is -2.37. The van der Waals surface area contributed by atoms with Gasteiger partial charge in [0.25, 0.3) is 5.91 Å². The minimum atomic E-state index is 0.151. The van der Waals surface area contributed by atoms with Gasteiger partial charge in [-0.2, -0.15) is 0 Å². The molecule has 1 fully saturated rings. The zero-order valence-electron chi connectivity index (χ0n) is 11.8. The Hall–Kier alpha value is -1.39. The summed E-state index contributed by atoms with van der Waals surface area (Å²) in [6, 6.07) is 6.37. The van der Waals surface area contributed by atoms with Gasteiger partial charge < -0.3 is 15.4 Å². The third-order valence-corrected chi connectivity index (χ3v) is 4.35. The summed E-state index contributed by atoms with van der Waals surface area (Å²) in [7, 11) is 0. The number of rotatable bonds is 5. The molecular weight excluding hydrogens is 252 g/mol. The predicted molar refractivity (Wildman–Crippen MR) is 77.3 cm³/mol. The van der Waals surface area contributed by atoms with Gasteiger partial charge in [-0.25, -0.2) is 0 Å². The van der Waals surface area contributed by atoms with Crippen molar-refractivity contribution in [2.75, 3.05) is 13.1 Å². The van der Waals surface area contributed by atoms with Gasteiger partial charge in [0, 0.05) is 18.2 Å². The van der Waals surface area contributed by atoms with Crippen molar-refractivity contribution in [3.8, 4) is 0 Å². The molecule has 0 atom stereocenters. The summed E-state index contributed by atoms with van der Waals surface area (Å²) in [4.78, 5) is 14.8. The van der Waals surface area contributed by atoms with E-state index >= 15 is 0 Å². The van der Waals surface area contributed by atoms with Crippen molar-refractivity contribution in [2.45, 2.75) is 44.9 Å². The quantitative estimate of drug-likeness (QED) is 0.894. The van der Waals surface area contributed by atoms with E-state index in [4.69, 9.17) is 10.5 Å². The van der Waals surface area contributed by atoms with Gasteiger partial charge in [0.15, 0.2) is 0 Å². The Bertz CT molecular complexity index is 497. The maximum Gasteiger partial charge on any atom is 0.254 e. The van der Waals surface area contributed by atoms with Gasteiger partial charge in [-0.05, 0) is 55.5 Å². The molecule has 20 heavy (non-hydrogen) atoms. The van der Waals surface area contributed by atoms with Crippen LogP contribution in [-0.4, -0.2) is 29.9 Å². The molecule has 0 spiro atoms. The van der Waals surface area contributed by atoms with Crippen LogP contribution in [0.25, 0.3) is 0 Å². The number of benzene rings is 1. The number of carbonyl (C=O) groups excluding carboxylic acids is 1. The molecule has 1 aliphatic carbocycles. The molecule has 1 saturated carbocycles. The molecule has 0 bridgehead atoms. The molecule has 0 unspecified atom stereocenters. The largest absolute Gasteiger partial charge is 0.372 e. The monoisotopic (exact) mass is 274 g/mol. The number of hydrogen-bond acceptors (Lipinski definition) is 3. The molecule has 4 nitrogen and oxygen atoms in total. The lowest BCUT2D eigenvalue weighted by Crippen LogP contribution is -2.45. The molecule has 0 radical (unpaired) electrons. The summed E-state index contributed by atoms with van der Waals surface area (Å²) >= 11 is 0. The standard InChI is InChI=1S/C16H22N2O2/c17-7-2-8-18(15-3-1-4-15)16(19)12-5-6-13-10-20-11-14(13)9-12/h5-6,9,15H,1-4,7-8,10-11,17H2. The van der Waals surface area contributed by atoms with Crippen LogP contribution in [0.2, 0.25) is 0 Å². The maximum atomic E-state index is 12.7. The Balaban J connectivity index is 1.77. The lowest BCUT2D eigenvalue weighted by molar-refractivity contribution is 0.0578. The zero-order chi connectivity index (χ0) is 13.9. The Morgan fingerprint density at radius 3 is 2.80 bits per heavy atom. The summed E-state index contributed by atoms with van der Waals surface area (Å²) < 4.78 is 5.41. The van der Waals surface area contributed by atoms with Gasteiger partial charge in [-0.15, -0.1) is 0 Å². The fourth-order valence-corrected chi connectivity index (χ4v) is 2.88. The fraction of sp³-hybridized carbons (Fsp3) is 0.562. The molecule has 0 aromatic heterocycles. The van der Waals surface area contributed by atoms with E-state index in [1.54, 1.807) is 0 Å². The van der Waals surface area contributed by atoms with Crippen molar-refractivity contribution in [1.29, 1.82) is 0 Å². The number of nitrogens with zero attached hydrogens (tertiary/aromatic N) is 1. The molecule has 1 heterocycles. The summed E-state index contributed by atoms with van der Waals surface area (Å²) in [5.74, 6) is 0.151. The first-order chi connectivity index (χ1) is 9.79. The van der Waals surface area contributed by atoms with E-state index in [0.29, 0.717) is 25.8 Å². The lowest BCUT2D eigenvalue weighted by atomic mass is 9.90. The topological polar surface area (TPSA) is 55.6 Å². The van der Waals surface area contributed by atoms with Crippen molar-refractivity contribution in [3.63, 3.8) is 0 Å². The van der Waals surface area contributed by atoms with Gasteiger partial charge in [0.05, 0.1) is 13.2 Å². The molecule has 1 aromatic carbocycles. The first-order valence-corrected chi connectivity index (χ1v) is 7.50. The van der Waals surface area contributed by atoms with E-state index in [-0.39, 0.29) is 5.91 Å². The average molecular weight is 274 g/mol. The highest BCUT2D eigenvalue weighted by Gasteiger charge is 2.29. The van der Waals surface area contributed by atoms with Crippen molar-refractivity contribution in [1.82, 2.24) is 4.90 Å². The van der Waals surface area contributed by atoms with Crippen molar-refractivity contribution in [2.24, 2.45) is 5.73 Å². The van der Waals surface area contributed by atoms with Crippen LogP contribution in [0.3, 0.4) is 0 Å². The predicted octanol–water partition coefficient (Wildman–Crippen LogP) is 2.06. The Morgan fingerprint density at radius 1 is 1.30 bits per heavy atom. The van der Waals surface area contributed by atoms with Crippen molar-refractivity contribution >= 4 is 5.91 Å². The van der Waals surface area contributed by atoms with E-state index in [1.807, 2.05) is 23.1 Å². The van der Waals surface area contributed by atoms with E-state index in [0.717, 1.165) is 36.9 Å². The Kier molecular flexibility index (Phi) is 4.03. The third-order valence-electron chi connectivity index (χ3n) is 4.35. The third kappa shape index (κ3) is 2.58. The van der Waals surface area contributed by atoms with Crippen LogP contribution in [0.5, 0.6) is 0 Å². The van der Waals surface area contributed by atoms with Crippen molar-refractivity contribution in [3.05, 3.63) is 34.9 Å². The minimum Gasteiger partial charge on any atom is -0.372 e. The average Bonchev–Trinajstić information content (AvgIpc) is 2.87. The zero-order valence-corrected chi connectivity index (χ0v) is 11.8. The Labute approximate surface area is 119 Å². The molecule has 1 amide bonds. The molecule has 2 aliphatic rings. The number of ether oxygens (including phenoxy) is 1. The van der Waals surface area contributed by atoms with E-state index in [9.17, 15) is 4.79 Å². The van der Waals surface area contributed by atoms with Gasteiger partial charge in [-0.3, -0.25) is 4.79 Å². The van der Waals surface area contributed by atoms with Gasteiger partial charge in [0.1, 0.15) is 0 Å². The van der Waals surface area contributed by atoms with Crippen LogP contribution in [-0.2, 0) is 18.0 Å². The fourth-order valence-electron chi connectivity index (χ4n) is 2.88. The van der Waals surface area contributed by atoms with Crippen LogP contribution >= 0.6 is 0 Å². The van der Waals surface area contributed by atoms with E-state index in [2.05, 4.69) is 0 Å². The molecule has 0 saturated heterocycles. The highest BCUT2D eigenvalue weighted by Crippen LogP contribution is 2.27. The normalized spacial score (nSPS) is 17.6. The summed E-state index contributed by atoms with van der Waals surface area (Å²) in [5.41, 5.74) is 8.75. The Morgan fingerprint density at radius 2 is 2.10 bits per heavy atom. The van der Waals surface area contributed by atoms with Crippen molar-refractivity contribution < 1.29 is 9.53 Å². The summed E-state index contributed by atoms with van der Waals surface area (Å²) in [6.45, 7) is 2.70. The first-order valence-electron chi connectivity index (χ1n) is 7.50. The van der Waals surface area contributed by atoms with Crippen LogP contribution in [0.1, 0.15) is 47.2 Å². The molecule has 1 aliphatic heterocycles. The van der Waals surface area contributed by atoms with Gasteiger partial charge in [0.2, 0.25) is 0 Å². The second-order valence-corrected chi connectivity index (χ2v) is 5.70. The number of nitrogens with two attached hydrogens (primary N) is 1. The second kappa shape index (κ2) is 5.94. The minimum absolute atomic E-state index is 0.151. The first kappa shape index (κ1) is 13.6. The summed E-state index contributed by atoms with van der Waals surface area (Å²) in [6.07, 6.45) is 4.36. The number of hydrogen-bond donors (Lipinski definition) is 1. The van der Waals surface area contributed by atoms with Gasteiger partial charge in [-0.1, -0.05) is 6.07 Å². The van der Waals surface area contributed by atoms with Crippen LogP contribution in [0.4, 0.5) is 0 Å². The SMILES string of the molecule is NCCCN(C(=O)c1ccc2c(c1)COC2)C1CCC1. The molecule has 4 heteroatoms. The summed E-state index contributed by atoms with van der Waals surface area (Å²) in [5, 5.41) is 0. The highest BCUT2D eigenvalue weighted by molar-refractivity contribution is 5.94. The molecule has 1 aromatic rings. The molecule has 3 rings (SSSR count). The van der Waals surface area contributed by atoms with Gasteiger partial charge >= 0.3 is 0 Å². The number of carbonyl (C=O) groups is 1. The highest BCUT2D eigenvalue weighted by atomic mass is 16.5. The molecular formula is C16H22N2O2. The van der Waals surface area contributed by atoms with E-state index < -0.39 is 0 Å². The van der Waals surface area contributed by atoms with Crippen LogP contribution in [0, 0.1) is 0 Å². The number of amides is 1. The smallest absolute Gasteiger partial charge is 0.254 e. The second-order valence-electron chi connectivity index (χ2n) is 5.70. The molecule has 2 N–H and O–H groups in total. The number of fused-ring (bicyclic) bond motifs is 1. The van der Waals surface area contributed by atoms with E-state index in [1.165, 1.54) is 12.0 Å². The van der Waals surface area contributed by atoms with Crippen LogP contribution < -0.4 is 5.73 Å². The molecule has 108 valence electrons. The maximum absolute atomic E-state index is 12.7.